The highest BCUT2D eigenvalue weighted by atomic mass is 79.9. The summed E-state index contributed by atoms with van der Waals surface area (Å²) in [6.07, 6.45) is 6.84. The number of halogens is 1. The Hall–Kier alpha value is -1.45. The van der Waals surface area contributed by atoms with Gasteiger partial charge in [-0.05, 0) is 58.3 Å². The van der Waals surface area contributed by atoms with Crippen LogP contribution >= 0.6 is 15.9 Å². The first-order chi connectivity index (χ1) is 10.8. The SMILES string of the molecule is C=CC[C@@H](CCc1cccnc1Br)COCc1ccccc1. The van der Waals surface area contributed by atoms with Gasteiger partial charge in [-0.1, -0.05) is 42.5 Å². The van der Waals surface area contributed by atoms with Gasteiger partial charge in [0.2, 0.25) is 0 Å². The van der Waals surface area contributed by atoms with Crippen LogP contribution in [0.5, 0.6) is 0 Å². The Morgan fingerprint density at radius 2 is 2.00 bits per heavy atom. The van der Waals surface area contributed by atoms with E-state index in [4.69, 9.17) is 4.74 Å². The van der Waals surface area contributed by atoms with Crippen LogP contribution in [0.1, 0.15) is 24.0 Å². The van der Waals surface area contributed by atoms with Gasteiger partial charge in [-0.15, -0.1) is 6.58 Å². The molecule has 0 saturated carbocycles. The van der Waals surface area contributed by atoms with Gasteiger partial charge in [-0.2, -0.15) is 0 Å². The van der Waals surface area contributed by atoms with E-state index in [1.807, 2.05) is 30.3 Å². The van der Waals surface area contributed by atoms with Crippen molar-refractivity contribution < 1.29 is 4.74 Å². The molecule has 116 valence electrons. The Morgan fingerprint density at radius 1 is 1.18 bits per heavy atom. The number of benzene rings is 1. The molecule has 1 atom stereocenters. The molecular weight excluding hydrogens is 338 g/mol. The Kier molecular flexibility index (Phi) is 7.34. The fraction of sp³-hybridized carbons (Fsp3) is 0.316. The molecule has 1 aromatic heterocycles. The lowest BCUT2D eigenvalue weighted by Crippen LogP contribution is -2.10. The van der Waals surface area contributed by atoms with Crippen LogP contribution in [0.15, 0.2) is 65.9 Å². The number of pyridine rings is 1. The van der Waals surface area contributed by atoms with Crippen molar-refractivity contribution in [2.24, 2.45) is 5.92 Å². The minimum Gasteiger partial charge on any atom is -0.376 e. The zero-order chi connectivity index (χ0) is 15.6. The summed E-state index contributed by atoms with van der Waals surface area (Å²) < 4.78 is 6.82. The molecule has 0 N–H and O–H groups in total. The molecule has 2 nitrogen and oxygen atoms in total. The second kappa shape index (κ2) is 9.54. The topological polar surface area (TPSA) is 22.1 Å². The van der Waals surface area contributed by atoms with Gasteiger partial charge in [0.25, 0.3) is 0 Å². The lowest BCUT2D eigenvalue weighted by molar-refractivity contribution is 0.0849. The predicted molar refractivity (Wildman–Crippen MR) is 94.7 cm³/mol. The van der Waals surface area contributed by atoms with E-state index in [0.717, 1.165) is 30.5 Å². The van der Waals surface area contributed by atoms with Gasteiger partial charge in [0.05, 0.1) is 13.2 Å². The first-order valence-electron chi connectivity index (χ1n) is 7.61. The van der Waals surface area contributed by atoms with Gasteiger partial charge < -0.3 is 4.74 Å². The molecule has 0 aliphatic heterocycles. The van der Waals surface area contributed by atoms with Crippen LogP contribution in [0.4, 0.5) is 0 Å². The summed E-state index contributed by atoms with van der Waals surface area (Å²) in [5.41, 5.74) is 2.47. The van der Waals surface area contributed by atoms with Crippen LogP contribution in [0.3, 0.4) is 0 Å². The van der Waals surface area contributed by atoms with Crippen LogP contribution in [-0.2, 0) is 17.8 Å². The van der Waals surface area contributed by atoms with Gasteiger partial charge >= 0.3 is 0 Å². The highest BCUT2D eigenvalue weighted by molar-refractivity contribution is 9.10. The molecule has 0 aliphatic carbocycles. The van der Waals surface area contributed by atoms with E-state index in [9.17, 15) is 0 Å². The third kappa shape index (κ3) is 5.74. The largest absolute Gasteiger partial charge is 0.376 e. The Labute approximate surface area is 141 Å². The Morgan fingerprint density at radius 3 is 2.73 bits per heavy atom. The van der Waals surface area contributed by atoms with Crippen LogP contribution in [0, 0.1) is 5.92 Å². The Bertz CT molecular complexity index is 571. The maximum absolute atomic E-state index is 5.88. The maximum atomic E-state index is 5.88. The normalized spacial score (nSPS) is 12.0. The first kappa shape index (κ1) is 16.9. The van der Waals surface area contributed by atoms with E-state index in [2.05, 4.69) is 45.7 Å². The molecule has 2 aromatic rings. The van der Waals surface area contributed by atoms with Crippen molar-refractivity contribution in [2.45, 2.75) is 25.9 Å². The van der Waals surface area contributed by atoms with Crippen molar-refractivity contribution in [3.63, 3.8) is 0 Å². The molecule has 2 rings (SSSR count). The molecule has 1 heterocycles. The minimum atomic E-state index is 0.494. The highest BCUT2D eigenvalue weighted by Crippen LogP contribution is 2.19. The van der Waals surface area contributed by atoms with E-state index in [-0.39, 0.29) is 0 Å². The second-order valence-electron chi connectivity index (χ2n) is 5.38. The number of nitrogens with zero attached hydrogens (tertiary/aromatic N) is 1. The summed E-state index contributed by atoms with van der Waals surface area (Å²) in [4.78, 5) is 4.27. The van der Waals surface area contributed by atoms with E-state index < -0.39 is 0 Å². The smallest absolute Gasteiger partial charge is 0.109 e. The molecule has 0 spiro atoms. The molecule has 22 heavy (non-hydrogen) atoms. The molecule has 0 radical (unpaired) electrons. The van der Waals surface area contributed by atoms with Gasteiger partial charge in [0.1, 0.15) is 4.60 Å². The van der Waals surface area contributed by atoms with Gasteiger partial charge in [-0.3, -0.25) is 0 Å². The van der Waals surface area contributed by atoms with Crippen molar-refractivity contribution >= 4 is 15.9 Å². The molecular formula is C19H22BrNO. The fourth-order valence-electron chi connectivity index (χ4n) is 2.39. The standard InChI is InChI=1S/C19H22BrNO/c1-2-7-16(11-12-18-10-6-13-21-19(18)20)14-22-15-17-8-4-3-5-9-17/h2-6,8-10,13,16H,1,7,11-12,14-15H2/t16-/m0/s1. The number of allylic oxidation sites excluding steroid dienone is 1. The lowest BCUT2D eigenvalue weighted by Gasteiger charge is -2.16. The van der Waals surface area contributed by atoms with Gasteiger partial charge in [0, 0.05) is 6.20 Å². The van der Waals surface area contributed by atoms with E-state index in [0.29, 0.717) is 12.5 Å². The lowest BCUT2D eigenvalue weighted by atomic mass is 9.98. The van der Waals surface area contributed by atoms with Gasteiger partial charge in [0.15, 0.2) is 0 Å². The molecule has 3 heteroatoms. The summed E-state index contributed by atoms with van der Waals surface area (Å²) in [6, 6.07) is 14.4. The monoisotopic (exact) mass is 359 g/mol. The average molecular weight is 360 g/mol. The predicted octanol–water partition coefficient (Wildman–Crippen LogP) is 5.19. The fourth-order valence-corrected chi connectivity index (χ4v) is 2.84. The first-order valence-corrected chi connectivity index (χ1v) is 8.41. The van der Waals surface area contributed by atoms with Crippen molar-refractivity contribution in [2.75, 3.05) is 6.61 Å². The van der Waals surface area contributed by atoms with Gasteiger partial charge in [-0.25, -0.2) is 4.98 Å². The number of ether oxygens (including phenoxy) is 1. The van der Waals surface area contributed by atoms with Crippen LogP contribution in [0.25, 0.3) is 0 Å². The van der Waals surface area contributed by atoms with E-state index in [1.165, 1.54) is 11.1 Å². The quantitative estimate of drug-likeness (QED) is 0.454. The average Bonchev–Trinajstić information content (AvgIpc) is 2.55. The molecule has 1 aromatic carbocycles. The highest BCUT2D eigenvalue weighted by Gasteiger charge is 2.09. The number of rotatable bonds is 9. The zero-order valence-electron chi connectivity index (χ0n) is 12.7. The third-order valence-electron chi connectivity index (χ3n) is 3.62. The van der Waals surface area contributed by atoms with Crippen molar-refractivity contribution in [1.29, 1.82) is 0 Å². The van der Waals surface area contributed by atoms with Crippen molar-refractivity contribution in [3.8, 4) is 0 Å². The number of hydrogen-bond acceptors (Lipinski definition) is 2. The molecule has 0 fully saturated rings. The second-order valence-corrected chi connectivity index (χ2v) is 6.13. The summed E-state index contributed by atoms with van der Waals surface area (Å²) in [5, 5.41) is 0. The minimum absolute atomic E-state index is 0.494. The summed E-state index contributed by atoms with van der Waals surface area (Å²) in [6.45, 7) is 5.30. The van der Waals surface area contributed by atoms with E-state index in [1.54, 1.807) is 6.20 Å². The van der Waals surface area contributed by atoms with Crippen LogP contribution in [0.2, 0.25) is 0 Å². The number of hydrogen-bond donors (Lipinski definition) is 0. The van der Waals surface area contributed by atoms with Crippen molar-refractivity contribution in [3.05, 3.63) is 77.0 Å². The van der Waals surface area contributed by atoms with E-state index >= 15 is 0 Å². The molecule has 0 bridgehead atoms. The third-order valence-corrected chi connectivity index (χ3v) is 4.34. The zero-order valence-corrected chi connectivity index (χ0v) is 14.3. The number of aryl methyl sites for hydroxylation is 1. The van der Waals surface area contributed by atoms with Crippen LogP contribution < -0.4 is 0 Å². The van der Waals surface area contributed by atoms with Crippen LogP contribution in [-0.4, -0.2) is 11.6 Å². The Balaban J connectivity index is 1.79. The molecule has 0 saturated heterocycles. The van der Waals surface area contributed by atoms with Crippen molar-refractivity contribution in [1.82, 2.24) is 4.98 Å². The summed E-state index contributed by atoms with van der Waals surface area (Å²) >= 11 is 3.51. The maximum Gasteiger partial charge on any atom is 0.109 e. The number of aromatic nitrogens is 1. The molecule has 0 unspecified atom stereocenters. The summed E-state index contributed by atoms with van der Waals surface area (Å²) in [5.74, 6) is 0.494. The molecule has 0 amide bonds. The summed E-state index contributed by atoms with van der Waals surface area (Å²) in [7, 11) is 0. The molecule has 0 aliphatic rings.